The Morgan fingerprint density at radius 3 is 2.50 bits per heavy atom. The van der Waals surface area contributed by atoms with E-state index in [4.69, 9.17) is 5.10 Å². The van der Waals surface area contributed by atoms with Crippen LogP contribution in [-0.2, 0) is 29.1 Å². The lowest BCUT2D eigenvalue weighted by atomic mass is 10.0. The molecule has 2 aromatic carbocycles. The first-order valence-electron chi connectivity index (χ1n) is 14.6. The number of H-pyrrole nitrogens is 1. The number of amides is 2. The van der Waals surface area contributed by atoms with Crippen LogP contribution in [0.25, 0.3) is 22.3 Å². The highest BCUT2D eigenvalue weighted by atomic mass is 16.3. The lowest BCUT2D eigenvalue weighted by Gasteiger charge is -2.33. The first kappa shape index (κ1) is 27.9. The second-order valence-corrected chi connectivity index (χ2v) is 11.4. The van der Waals surface area contributed by atoms with E-state index in [-0.39, 0.29) is 23.5 Å². The Morgan fingerprint density at radius 1 is 1.05 bits per heavy atom. The monoisotopic (exact) mass is 571 g/mol. The molecule has 2 aliphatic heterocycles. The first-order valence-corrected chi connectivity index (χ1v) is 14.6. The number of anilines is 1. The summed E-state index contributed by atoms with van der Waals surface area (Å²) in [5.74, 6) is -0.106. The number of rotatable bonds is 7. The zero-order chi connectivity index (χ0) is 29.4. The van der Waals surface area contributed by atoms with Crippen molar-refractivity contribution in [3.8, 4) is 11.3 Å². The molecule has 6 rings (SSSR count). The van der Waals surface area contributed by atoms with Gasteiger partial charge in [-0.15, -0.1) is 0 Å². The molecular formula is C31H37N7O4. The van der Waals surface area contributed by atoms with Gasteiger partial charge in [0.05, 0.1) is 29.4 Å². The summed E-state index contributed by atoms with van der Waals surface area (Å²) in [4.78, 5) is 43.3. The van der Waals surface area contributed by atoms with Gasteiger partial charge in [0.1, 0.15) is 0 Å². The predicted molar refractivity (Wildman–Crippen MR) is 160 cm³/mol. The Balaban J connectivity index is 1.15. The second-order valence-electron chi connectivity index (χ2n) is 11.4. The van der Waals surface area contributed by atoms with E-state index >= 15 is 0 Å². The smallest absolute Gasteiger partial charge is 0.326 e. The fraction of sp³-hybridized carbons (Fsp3) is 0.419. The van der Waals surface area contributed by atoms with Crippen LogP contribution >= 0.6 is 0 Å². The van der Waals surface area contributed by atoms with Gasteiger partial charge in [0.2, 0.25) is 11.8 Å². The quantitative estimate of drug-likeness (QED) is 0.313. The molecule has 11 heteroatoms. The summed E-state index contributed by atoms with van der Waals surface area (Å²) in [6, 6.07) is 15.4. The topological polar surface area (TPSA) is 128 Å². The highest BCUT2D eigenvalue weighted by Gasteiger charge is 2.29. The summed E-state index contributed by atoms with van der Waals surface area (Å²) in [7, 11) is 0. The maximum atomic E-state index is 12.6. The normalized spacial score (nSPS) is 16.9. The zero-order valence-corrected chi connectivity index (χ0v) is 24.0. The molecule has 0 saturated carbocycles. The first-order chi connectivity index (χ1) is 20.3. The second kappa shape index (κ2) is 11.6. The molecule has 3 N–H and O–H groups in total. The SMILES string of the molecule is CC(=O)Nc1ccc(-c2nn(CC(O)CN3CCC(n4c(=O)[nH]c5ccccc54)CC3)c3c2CN(C(C)=O)CC3)cc1. The fourth-order valence-corrected chi connectivity index (χ4v) is 6.41. The summed E-state index contributed by atoms with van der Waals surface area (Å²) in [5.41, 5.74) is 6.17. The molecule has 0 radical (unpaired) electrons. The van der Waals surface area contributed by atoms with Gasteiger partial charge >= 0.3 is 5.69 Å². The third-order valence-corrected chi connectivity index (χ3v) is 8.46. The number of fused-ring (bicyclic) bond motifs is 2. The molecule has 220 valence electrons. The van der Waals surface area contributed by atoms with Crippen molar-refractivity contribution in [3.05, 3.63) is 70.3 Å². The molecule has 1 atom stereocenters. The van der Waals surface area contributed by atoms with Gasteiger partial charge in [-0.3, -0.25) is 18.8 Å². The van der Waals surface area contributed by atoms with Crippen LogP contribution < -0.4 is 11.0 Å². The van der Waals surface area contributed by atoms with Crippen molar-refractivity contribution in [2.24, 2.45) is 0 Å². The van der Waals surface area contributed by atoms with E-state index in [1.807, 2.05) is 62.7 Å². The molecule has 0 aliphatic carbocycles. The number of para-hydroxylation sites is 2. The average Bonchev–Trinajstić information content (AvgIpc) is 3.50. The Kier molecular flexibility index (Phi) is 7.70. The summed E-state index contributed by atoms with van der Waals surface area (Å²) in [6.45, 7) is 6.61. The van der Waals surface area contributed by atoms with E-state index < -0.39 is 6.10 Å². The molecule has 0 spiro atoms. The highest BCUT2D eigenvalue weighted by Crippen LogP contribution is 2.31. The van der Waals surface area contributed by atoms with E-state index in [9.17, 15) is 19.5 Å². The van der Waals surface area contributed by atoms with Gasteiger partial charge < -0.3 is 25.2 Å². The van der Waals surface area contributed by atoms with Gasteiger partial charge in [0.25, 0.3) is 0 Å². The van der Waals surface area contributed by atoms with E-state index in [0.29, 0.717) is 38.3 Å². The Hall–Kier alpha value is -4.22. The largest absolute Gasteiger partial charge is 0.390 e. The van der Waals surface area contributed by atoms with Gasteiger partial charge in [0, 0.05) is 81.5 Å². The molecule has 0 bridgehead atoms. The Morgan fingerprint density at radius 2 is 1.79 bits per heavy atom. The van der Waals surface area contributed by atoms with Crippen molar-refractivity contribution < 1.29 is 14.7 Å². The molecule has 2 aromatic heterocycles. The third-order valence-electron chi connectivity index (χ3n) is 8.46. The number of carbonyl (C=O) groups is 2. The molecule has 2 aliphatic rings. The number of imidazole rings is 1. The number of aromatic amines is 1. The van der Waals surface area contributed by atoms with E-state index in [0.717, 1.165) is 59.5 Å². The van der Waals surface area contributed by atoms with Crippen molar-refractivity contribution in [2.45, 2.75) is 58.3 Å². The highest BCUT2D eigenvalue weighted by molar-refractivity contribution is 5.89. The summed E-state index contributed by atoms with van der Waals surface area (Å²) in [5, 5.41) is 18.9. The summed E-state index contributed by atoms with van der Waals surface area (Å²) in [6.07, 6.45) is 1.72. The van der Waals surface area contributed by atoms with E-state index in [1.165, 1.54) is 6.92 Å². The molecule has 2 amide bonds. The third kappa shape index (κ3) is 5.62. The molecule has 42 heavy (non-hydrogen) atoms. The van der Waals surface area contributed by atoms with Crippen LogP contribution in [0.1, 0.15) is 44.0 Å². The van der Waals surface area contributed by atoms with Crippen LogP contribution in [0.3, 0.4) is 0 Å². The number of aromatic nitrogens is 4. The lowest BCUT2D eigenvalue weighted by molar-refractivity contribution is -0.129. The number of aliphatic hydroxyl groups excluding tert-OH is 1. The van der Waals surface area contributed by atoms with Crippen molar-refractivity contribution in [3.63, 3.8) is 0 Å². The van der Waals surface area contributed by atoms with Crippen molar-refractivity contribution >= 4 is 28.5 Å². The standard InChI is InChI=1S/C31H37N7O4/c1-20(39)32-23-9-7-22(8-10-23)30-26-19-36(21(2)40)16-13-28(26)37(34-30)18-25(41)17-35-14-11-24(12-15-35)38-29-6-4-3-5-27(29)33-31(38)42/h3-10,24-25,41H,11-19H2,1-2H3,(H,32,39)(H,33,42). The molecule has 11 nitrogen and oxygen atoms in total. The van der Waals surface area contributed by atoms with Crippen LogP contribution in [0.5, 0.6) is 0 Å². The minimum atomic E-state index is -0.623. The van der Waals surface area contributed by atoms with Crippen LogP contribution in [0, 0.1) is 0 Å². The van der Waals surface area contributed by atoms with Crippen LogP contribution in [-0.4, -0.2) is 78.3 Å². The van der Waals surface area contributed by atoms with Gasteiger partial charge in [-0.1, -0.05) is 24.3 Å². The van der Waals surface area contributed by atoms with Gasteiger partial charge in [0.15, 0.2) is 0 Å². The number of likely N-dealkylation sites (tertiary alicyclic amines) is 1. The van der Waals surface area contributed by atoms with Gasteiger partial charge in [-0.2, -0.15) is 5.10 Å². The summed E-state index contributed by atoms with van der Waals surface area (Å²) >= 11 is 0. The molecule has 4 aromatic rings. The molecular weight excluding hydrogens is 534 g/mol. The Labute approximate surface area is 243 Å². The number of β-amino-alcohol motifs (C(OH)–C–C–N with tert-alkyl or cyclic N) is 1. The van der Waals surface area contributed by atoms with E-state index in [1.54, 1.807) is 6.92 Å². The maximum Gasteiger partial charge on any atom is 0.326 e. The number of hydrogen-bond acceptors (Lipinski definition) is 6. The van der Waals surface area contributed by atoms with Crippen molar-refractivity contribution in [1.82, 2.24) is 29.1 Å². The predicted octanol–water partition coefficient (Wildman–Crippen LogP) is 2.75. The van der Waals surface area contributed by atoms with Gasteiger partial charge in [-0.05, 0) is 37.1 Å². The van der Waals surface area contributed by atoms with Crippen LogP contribution in [0.15, 0.2) is 53.3 Å². The van der Waals surface area contributed by atoms with Crippen molar-refractivity contribution in [2.75, 3.05) is 31.5 Å². The number of piperidine rings is 1. The number of hydrogen-bond donors (Lipinski definition) is 3. The fourth-order valence-electron chi connectivity index (χ4n) is 6.41. The lowest BCUT2D eigenvalue weighted by Crippen LogP contribution is -2.42. The van der Waals surface area contributed by atoms with E-state index in [2.05, 4.69) is 15.2 Å². The number of benzene rings is 2. The van der Waals surface area contributed by atoms with Crippen LogP contribution in [0.2, 0.25) is 0 Å². The summed E-state index contributed by atoms with van der Waals surface area (Å²) < 4.78 is 3.79. The zero-order valence-electron chi connectivity index (χ0n) is 24.0. The number of nitrogens with one attached hydrogen (secondary N) is 2. The number of aliphatic hydroxyl groups is 1. The number of carbonyl (C=O) groups excluding carboxylic acids is 2. The Bertz CT molecular complexity index is 1660. The minimum absolute atomic E-state index is 0.0266. The average molecular weight is 572 g/mol. The number of nitrogens with zero attached hydrogens (tertiary/aromatic N) is 5. The molecule has 1 fully saturated rings. The van der Waals surface area contributed by atoms with Gasteiger partial charge in [-0.25, -0.2) is 4.79 Å². The maximum absolute atomic E-state index is 12.6. The van der Waals surface area contributed by atoms with Crippen LogP contribution in [0.4, 0.5) is 5.69 Å². The minimum Gasteiger partial charge on any atom is -0.390 e. The molecule has 1 saturated heterocycles. The van der Waals surface area contributed by atoms with Crippen molar-refractivity contribution in [1.29, 1.82) is 0 Å². The molecule has 1 unspecified atom stereocenters. The molecule has 4 heterocycles.